The maximum atomic E-state index is 13.5. The lowest BCUT2D eigenvalue weighted by Gasteiger charge is -2.51. The number of nitrogens with one attached hydrogen (secondary N) is 1. The normalized spacial score (nSPS) is 29.0. The Kier molecular flexibility index (Phi) is 10.8. The summed E-state index contributed by atoms with van der Waals surface area (Å²) in [6.45, 7) is 6.91. The number of hydrogen-bond donors (Lipinski definition) is 2. The minimum atomic E-state index is -3.99. The van der Waals surface area contributed by atoms with Gasteiger partial charge < -0.3 is 19.6 Å². The quantitative estimate of drug-likeness (QED) is 0.409. The fourth-order valence-electron chi connectivity index (χ4n) is 7.66. The van der Waals surface area contributed by atoms with Gasteiger partial charge in [0.05, 0.1) is 22.5 Å². The number of amides is 2. The number of sulfonamides is 1. The highest BCUT2D eigenvalue weighted by atomic mass is 35.5. The molecule has 3 aliphatic rings. The lowest BCUT2D eigenvalue weighted by atomic mass is 9.59. The fraction of sp³-hybridized carbons (Fsp3) is 0.611. The van der Waals surface area contributed by atoms with Crippen LogP contribution in [0.15, 0.2) is 36.4 Å². The molecule has 5 rings (SSSR count). The van der Waals surface area contributed by atoms with Gasteiger partial charge in [0.1, 0.15) is 12.4 Å². The summed E-state index contributed by atoms with van der Waals surface area (Å²) in [5.74, 6) is -1.06. The Balaban J connectivity index is 1.58. The van der Waals surface area contributed by atoms with Crippen LogP contribution in [0.2, 0.25) is 5.02 Å². The first-order chi connectivity index (χ1) is 22.2. The summed E-state index contributed by atoms with van der Waals surface area (Å²) in [7, 11) is -0.560. The standard InChI is InChI=1S/C36H50ClN3O6S/c1-23-9-8-17-36(43,24(2)35(42)39(4)5)31-15-12-28(31)21-40-18-7-6-10-26-19-30(37)14-11-29(26)22-46-33-16-13-27(20-32(33)40)34(41)38-47(44,45)25(23)3/h11,13-14,16,19-20,23-25,28,31,43H,6-10,12,15,17-18,21-22H2,1-5H3,(H,38,41)/t23-,24+,25+,28-,31+,36-/m0/s1. The second kappa shape index (κ2) is 14.3. The second-order valence-electron chi connectivity index (χ2n) is 14.2. The molecule has 2 aliphatic heterocycles. The molecule has 0 saturated heterocycles. The van der Waals surface area contributed by atoms with Crippen LogP contribution in [0.3, 0.4) is 0 Å². The number of aliphatic hydroxyl groups is 1. The Labute approximate surface area is 285 Å². The number of carbonyl (C=O) groups excluding carboxylic acids is 2. The van der Waals surface area contributed by atoms with Crippen LogP contribution >= 0.6 is 11.6 Å². The molecule has 0 radical (unpaired) electrons. The van der Waals surface area contributed by atoms with E-state index in [1.165, 1.54) is 0 Å². The van der Waals surface area contributed by atoms with Gasteiger partial charge in [-0.25, -0.2) is 13.1 Å². The van der Waals surface area contributed by atoms with Gasteiger partial charge in [0.2, 0.25) is 15.9 Å². The highest BCUT2D eigenvalue weighted by molar-refractivity contribution is 7.90. The molecule has 6 atom stereocenters. The number of rotatable bonds is 2. The molecule has 2 heterocycles. The molecule has 2 aromatic rings. The van der Waals surface area contributed by atoms with Gasteiger partial charge in [0, 0.05) is 37.8 Å². The molecule has 11 heteroatoms. The average Bonchev–Trinajstić information content (AvgIpc) is 3.04. The number of ether oxygens (including phenoxy) is 1. The van der Waals surface area contributed by atoms with Crippen molar-refractivity contribution in [2.75, 3.05) is 32.1 Å². The van der Waals surface area contributed by atoms with Crippen LogP contribution in [-0.2, 0) is 27.8 Å². The summed E-state index contributed by atoms with van der Waals surface area (Å²) in [4.78, 5) is 30.6. The van der Waals surface area contributed by atoms with Crippen molar-refractivity contribution in [3.63, 3.8) is 0 Å². The summed E-state index contributed by atoms with van der Waals surface area (Å²) >= 11 is 6.34. The van der Waals surface area contributed by atoms with Crippen molar-refractivity contribution in [3.05, 3.63) is 58.1 Å². The van der Waals surface area contributed by atoms with Crippen molar-refractivity contribution in [1.82, 2.24) is 9.62 Å². The van der Waals surface area contributed by atoms with Crippen molar-refractivity contribution in [2.24, 2.45) is 23.7 Å². The Morgan fingerprint density at radius 2 is 1.85 bits per heavy atom. The number of carbonyl (C=O) groups is 2. The molecular weight excluding hydrogens is 638 g/mol. The number of aryl methyl sites for hydroxylation is 1. The van der Waals surface area contributed by atoms with E-state index in [0.717, 1.165) is 43.2 Å². The summed E-state index contributed by atoms with van der Waals surface area (Å²) in [5, 5.41) is 12.3. The average molecular weight is 688 g/mol. The van der Waals surface area contributed by atoms with Crippen LogP contribution in [0.25, 0.3) is 0 Å². The topological polar surface area (TPSA) is 116 Å². The van der Waals surface area contributed by atoms with Gasteiger partial charge in [-0.3, -0.25) is 9.59 Å². The summed E-state index contributed by atoms with van der Waals surface area (Å²) in [6.07, 6.45) is 5.84. The van der Waals surface area contributed by atoms with Gasteiger partial charge in [-0.1, -0.05) is 37.9 Å². The SMILES string of the molecule is C[C@H](C(=O)N(C)C)[C@@]1(O)CCC[C@H](C)[C@@H](C)S(=O)(=O)NC(=O)c2ccc3c(c2)N(CCCCc2cc(Cl)ccc2CO3)C[C@@H]2CC[C@H]21. The molecule has 1 fully saturated rings. The Morgan fingerprint density at radius 1 is 1.09 bits per heavy atom. The van der Waals surface area contributed by atoms with E-state index in [1.54, 1.807) is 44.1 Å². The Hall–Kier alpha value is -2.82. The van der Waals surface area contributed by atoms with E-state index >= 15 is 0 Å². The first kappa shape index (κ1) is 35.5. The van der Waals surface area contributed by atoms with Crippen LogP contribution in [0.5, 0.6) is 5.75 Å². The largest absolute Gasteiger partial charge is 0.487 e. The predicted molar refractivity (Wildman–Crippen MR) is 185 cm³/mol. The van der Waals surface area contributed by atoms with Crippen LogP contribution in [0, 0.1) is 23.7 Å². The molecule has 2 aromatic carbocycles. The number of halogens is 1. The lowest BCUT2D eigenvalue weighted by Crippen LogP contribution is -2.57. The summed E-state index contributed by atoms with van der Waals surface area (Å²) in [5.41, 5.74) is 1.90. The van der Waals surface area contributed by atoms with Crippen LogP contribution in [0.4, 0.5) is 5.69 Å². The summed E-state index contributed by atoms with van der Waals surface area (Å²) < 4.78 is 35.6. The molecule has 1 aliphatic carbocycles. The lowest BCUT2D eigenvalue weighted by molar-refractivity contribution is -0.159. The molecule has 0 aromatic heterocycles. The van der Waals surface area contributed by atoms with Gasteiger partial charge in [0.25, 0.3) is 5.91 Å². The van der Waals surface area contributed by atoms with Crippen LogP contribution < -0.4 is 14.4 Å². The third kappa shape index (κ3) is 7.60. The molecule has 1 saturated carbocycles. The number of nitrogens with zero attached hydrogens (tertiary/aromatic N) is 2. The Bertz CT molecular complexity index is 1580. The van der Waals surface area contributed by atoms with E-state index in [9.17, 15) is 23.1 Å². The summed E-state index contributed by atoms with van der Waals surface area (Å²) in [6, 6.07) is 10.9. The smallest absolute Gasteiger partial charge is 0.264 e. The van der Waals surface area contributed by atoms with Crippen molar-refractivity contribution >= 4 is 39.1 Å². The molecule has 2 N–H and O–H groups in total. The molecule has 2 bridgehead atoms. The van der Waals surface area contributed by atoms with Crippen molar-refractivity contribution in [3.8, 4) is 5.75 Å². The minimum Gasteiger partial charge on any atom is -0.487 e. The highest BCUT2D eigenvalue weighted by Crippen LogP contribution is 2.49. The zero-order valence-corrected chi connectivity index (χ0v) is 29.9. The first-order valence-electron chi connectivity index (χ1n) is 17.0. The van der Waals surface area contributed by atoms with Crippen molar-refractivity contribution in [2.45, 2.75) is 89.6 Å². The number of anilines is 1. The molecule has 47 heavy (non-hydrogen) atoms. The maximum Gasteiger partial charge on any atom is 0.264 e. The zero-order chi connectivity index (χ0) is 34.1. The fourth-order valence-corrected chi connectivity index (χ4v) is 9.17. The number of hydrogen-bond acceptors (Lipinski definition) is 7. The van der Waals surface area contributed by atoms with Gasteiger partial charge in [-0.2, -0.15) is 0 Å². The Morgan fingerprint density at radius 3 is 2.55 bits per heavy atom. The van der Waals surface area contributed by atoms with Gasteiger partial charge in [-0.05, 0) is 111 Å². The number of fused-ring (bicyclic) bond motifs is 3. The molecule has 9 nitrogen and oxygen atoms in total. The van der Waals surface area contributed by atoms with E-state index in [1.807, 2.05) is 32.0 Å². The van der Waals surface area contributed by atoms with Crippen molar-refractivity contribution < 1.29 is 27.9 Å². The minimum absolute atomic E-state index is 0.105. The third-order valence-electron chi connectivity index (χ3n) is 11.1. The monoisotopic (exact) mass is 687 g/mol. The molecule has 0 unspecified atom stereocenters. The first-order valence-corrected chi connectivity index (χ1v) is 18.9. The molecule has 258 valence electrons. The zero-order valence-electron chi connectivity index (χ0n) is 28.3. The number of benzene rings is 2. The predicted octanol–water partition coefficient (Wildman–Crippen LogP) is 5.81. The molecular formula is C36H50ClN3O6S. The third-order valence-corrected chi connectivity index (χ3v) is 13.2. The molecule has 2 amide bonds. The van der Waals surface area contributed by atoms with Crippen LogP contribution in [0.1, 0.15) is 87.2 Å². The van der Waals surface area contributed by atoms with Gasteiger partial charge >= 0.3 is 0 Å². The van der Waals surface area contributed by atoms with E-state index in [2.05, 4.69) is 9.62 Å². The second-order valence-corrected chi connectivity index (χ2v) is 16.7. The molecule has 0 spiro atoms. The van der Waals surface area contributed by atoms with E-state index < -0.39 is 32.7 Å². The van der Waals surface area contributed by atoms with E-state index in [-0.39, 0.29) is 29.2 Å². The maximum absolute atomic E-state index is 13.5. The highest BCUT2D eigenvalue weighted by Gasteiger charge is 2.52. The van der Waals surface area contributed by atoms with Gasteiger partial charge in [0.15, 0.2) is 0 Å². The van der Waals surface area contributed by atoms with E-state index in [4.69, 9.17) is 16.3 Å². The van der Waals surface area contributed by atoms with Gasteiger partial charge in [-0.15, -0.1) is 0 Å². The van der Waals surface area contributed by atoms with Crippen molar-refractivity contribution in [1.29, 1.82) is 0 Å². The van der Waals surface area contributed by atoms with E-state index in [0.29, 0.717) is 55.4 Å². The van der Waals surface area contributed by atoms with Crippen LogP contribution in [-0.4, -0.2) is 68.3 Å².